The van der Waals surface area contributed by atoms with Crippen molar-refractivity contribution in [3.8, 4) is 5.75 Å². The summed E-state index contributed by atoms with van der Waals surface area (Å²) in [6, 6.07) is 15.3. The summed E-state index contributed by atoms with van der Waals surface area (Å²) < 4.78 is 9.43. The van der Waals surface area contributed by atoms with Crippen LogP contribution in [-0.2, 0) is 4.79 Å². The molecule has 4 nitrogen and oxygen atoms in total. The zero-order valence-corrected chi connectivity index (χ0v) is 18.6. The first-order chi connectivity index (χ1) is 14.3. The van der Waals surface area contributed by atoms with Crippen molar-refractivity contribution < 1.29 is 9.53 Å². The zero-order valence-electron chi connectivity index (χ0n) is 17.0. The summed E-state index contributed by atoms with van der Waals surface area (Å²) in [5.41, 5.74) is 2.39. The first-order valence-electron chi connectivity index (χ1n) is 10.1. The normalized spacial score (nSPS) is 16.5. The second kappa shape index (κ2) is 11.3. The number of hydrogen-bond donors (Lipinski definition) is 1. The number of para-hydroxylation sites is 1. The first kappa shape index (κ1) is 21.8. The van der Waals surface area contributed by atoms with Crippen LogP contribution in [0.1, 0.15) is 33.1 Å². The molecule has 0 bridgehead atoms. The Kier molecular flexibility index (Phi) is 8.52. The smallest absolute Gasteiger partial charge is 0.145 e. The number of nitrogens with zero attached hydrogens (tertiary/aromatic N) is 1. The van der Waals surface area contributed by atoms with Crippen LogP contribution in [0.4, 0.5) is 11.4 Å². The molecule has 0 saturated heterocycles. The molecule has 154 valence electrons. The first-order valence-corrected chi connectivity index (χ1v) is 11.9. The van der Waals surface area contributed by atoms with E-state index in [0.717, 1.165) is 40.5 Å². The van der Waals surface area contributed by atoms with Crippen LogP contribution in [0, 0.1) is 0 Å². The second-order valence-corrected chi connectivity index (χ2v) is 8.97. The fourth-order valence-electron chi connectivity index (χ4n) is 3.28. The van der Waals surface area contributed by atoms with E-state index in [9.17, 15) is 4.79 Å². The van der Waals surface area contributed by atoms with Crippen LogP contribution in [-0.4, -0.2) is 24.6 Å². The number of rotatable bonds is 9. The lowest BCUT2D eigenvalue weighted by molar-refractivity contribution is -0.104. The van der Waals surface area contributed by atoms with Gasteiger partial charge in [0.2, 0.25) is 0 Å². The third-order valence-corrected chi connectivity index (χ3v) is 6.60. The molecular formula is C23H28N2O2S2. The molecule has 2 aromatic carbocycles. The molecule has 1 aliphatic heterocycles. The van der Waals surface area contributed by atoms with Crippen LogP contribution in [0.15, 0.2) is 64.6 Å². The molecule has 6 heteroatoms. The largest absolute Gasteiger partial charge is 0.464 e. The van der Waals surface area contributed by atoms with Gasteiger partial charge in [-0.2, -0.15) is 0 Å². The zero-order chi connectivity index (χ0) is 20.5. The molecule has 3 rings (SSSR count). The Morgan fingerprint density at radius 2 is 2.10 bits per heavy atom. The van der Waals surface area contributed by atoms with E-state index in [1.807, 2.05) is 0 Å². The highest BCUT2D eigenvalue weighted by molar-refractivity contribution is 7.99. The van der Waals surface area contributed by atoms with Crippen molar-refractivity contribution in [1.29, 1.82) is 0 Å². The summed E-state index contributed by atoms with van der Waals surface area (Å²) in [6.45, 7) is 5.29. The highest BCUT2D eigenvalue weighted by Crippen LogP contribution is 2.43. The predicted molar refractivity (Wildman–Crippen MR) is 124 cm³/mol. The molecule has 1 heterocycles. The molecule has 1 N–H and O–H groups in total. The monoisotopic (exact) mass is 428 g/mol. The molecule has 1 atom stereocenters. The van der Waals surface area contributed by atoms with E-state index in [4.69, 9.17) is 4.74 Å². The maximum absolute atomic E-state index is 10.6. The number of benzene rings is 2. The van der Waals surface area contributed by atoms with Gasteiger partial charge in [0.05, 0.1) is 21.7 Å². The number of hydrogen-bond acceptors (Lipinski definition) is 6. The topological polar surface area (TPSA) is 41.6 Å². The Hall–Kier alpha value is -1.89. The number of nitrogens with one attached hydrogen (secondary N) is 1. The Balaban J connectivity index is 2.02. The van der Waals surface area contributed by atoms with Crippen LogP contribution >= 0.6 is 23.7 Å². The number of unbranched alkanes of at least 4 members (excludes halogenated alkanes) is 1. The molecule has 29 heavy (non-hydrogen) atoms. The average Bonchev–Trinajstić information content (AvgIpc) is 2.92. The minimum absolute atomic E-state index is 0.397. The summed E-state index contributed by atoms with van der Waals surface area (Å²) in [6.07, 6.45) is 7.08. The van der Waals surface area contributed by atoms with Gasteiger partial charge >= 0.3 is 0 Å². The molecule has 0 spiro atoms. The fraction of sp³-hybridized carbons (Fsp3) is 0.348. The van der Waals surface area contributed by atoms with Crippen LogP contribution in [0.3, 0.4) is 0 Å². The van der Waals surface area contributed by atoms with Gasteiger partial charge in [-0.1, -0.05) is 44.9 Å². The summed E-state index contributed by atoms with van der Waals surface area (Å²) in [4.78, 5) is 15.2. The number of ether oxygens (including phenoxy) is 1. The highest BCUT2D eigenvalue weighted by atomic mass is 32.2. The molecule has 0 aliphatic carbocycles. The van der Waals surface area contributed by atoms with Crippen molar-refractivity contribution in [3.63, 3.8) is 0 Å². The Labute approximate surface area is 182 Å². The van der Waals surface area contributed by atoms with E-state index in [1.165, 1.54) is 36.6 Å². The lowest BCUT2D eigenvalue weighted by Crippen LogP contribution is -2.34. The molecule has 0 aromatic heterocycles. The van der Waals surface area contributed by atoms with Gasteiger partial charge in [-0.15, -0.1) is 11.8 Å². The van der Waals surface area contributed by atoms with Crippen molar-refractivity contribution in [2.45, 2.75) is 48.9 Å². The van der Waals surface area contributed by atoms with Crippen molar-refractivity contribution >= 4 is 41.4 Å². The SMILES string of the molecule is CCCCC1CN(c2ccccc2)c2cc(SCC)c(O/C=C/C=O)cc2SN1. The van der Waals surface area contributed by atoms with Gasteiger partial charge in [0.1, 0.15) is 12.0 Å². The number of carbonyl (C=O) groups excluding carboxylic acids is 1. The maximum atomic E-state index is 10.6. The van der Waals surface area contributed by atoms with E-state index in [2.05, 4.69) is 65.9 Å². The van der Waals surface area contributed by atoms with E-state index in [-0.39, 0.29) is 0 Å². The molecule has 0 fully saturated rings. The number of anilines is 2. The summed E-state index contributed by atoms with van der Waals surface area (Å²) in [7, 11) is 0. The number of fused-ring (bicyclic) bond motifs is 1. The Morgan fingerprint density at radius 3 is 2.83 bits per heavy atom. The van der Waals surface area contributed by atoms with Gasteiger partial charge in [0.25, 0.3) is 0 Å². The lowest BCUT2D eigenvalue weighted by atomic mass is 10.1. The number of allylic oxidation sites excluding steroid dienone is 1. The molecule has 0 saturated carbocycles. The Bertz CT molecular complexity index is 827. The predicted octanol–water partition coefficient (Wildman–Crippen LogP) is 6.20. The van der Waals surface area contributed by atoms with Crippen molar-refractivity contribution in [3.05, 3.63) is 54.8 Å². The summed E-state index contributed by atoms with van der Waals surface area (Å²) in [5.74, 6) is 1.73. The van der Waals surface area contributed by atoms with Crippen molar-refractivity contribution in [2.75, 3.05) is 17.2 Å². The summed E-state index contributed by atoms with van der Waals surface area (Å²) in [5, 5.41) is 0. The van der Waals surface area contributed by atoms with Crippen molar-refractivity contribution in [1.82, 2.24) is 4.72 Å². The van der Waals surface area contributed by atoms with Gasteiger partial charge in [-0.3, -0.25) is 9.52 Å². The second-order valence-electron chi connectivity index (χ2n) is 6.79. The summed E-state index contributed by atoms with van der Waals surface area (Å²) >= 11 is 3.42. The molecule has 2 aromatic rings. The quantitative estimate of drug-likeness (QED) is 0.169. The minimum atomic E-state index is 0.397. The van der Waals surface area contributed by atoms with E-state index in [0.29, 0.717) is 6.04 Å². The number of aldehydes is 1. The standard InChI is InChI=1S/C23H28N2O2S2/c1-3-5-10-18-17-25(19-11-7-6-8-12-19)20-15-23(28-4-2)21(27-14-9-13-26)16-22(20)29-24-18/h6-9,11-16,18,24H,3-5,10,17H2,1-2H3/b14-9+. The number of thioether (sulfide) groups is 1. The van der Waals surface area contributed by atoms with Gasteiger partial charge < -0.3 is 9.64 Å². The van der Waals surface area contributed by atoms with Gasteiger partial charge in [-0.05, 0) is 48.4 Å². The van der Waals surface area contributed by atoms with E-state index >= 15 is 0 Å². The van der Waals surface area contributed by atoms with Gasteiger partial charge in [0, 0.05) is 24.4 Å². The van der Waals surface area contributed by atoms with Gasteiger partial charge in [0.15, 0.2) is 0 Å². The van der Waals surface area contributed by atoms with Crippen LogP contribution < -0.4 is 14.4 Å². The van der Waals surface area contributed by atoms with E-state index < -0.39 is 0 Å². The van der Waals surface area contributed by atoms with Crippen LogP contribution in [0.25, 0.3) is 0 Å². The minimum Gasteiger partial charge on any atom is -0.464 e. The molecule has 0 amide bonds. The third kappa shape index (κ3) is 5.81. The van der Waals surface area contributed by atoms with E-state index in [1.54, 1.807) is 23.7 Å². The maximum Gasteiger partial charge on any atom is 0.145 e. The molecule has 0 radical (unpaired) electrons. The highest BCUT2D eigenvalue weighted by Gasteiger charge is 2.25. The number of carbonyl (C=O) groups is 1. The van der Waals surface area contributed by atoms with Gasteiger partial charge in [-0.25, -0.2) is 0 Å². The van der Waals surface area contributed by atoms with Crippen LogP contribution in [0.5, 0.6) is 5.75 Å². The Morgan fingerprint density at radius 1 is 1.28 bits per heavy atom. The molecule has 1 aliphatic rings. The third-order valence-electron chi connectivity index (χ3n) is 4.68. The van der Waals surface area contributed by atoms with Crippen LogP contribution in [0.2, 0.25) is 0 Å². The lowest BCUT2D eigenvalue weighted by Gasteiger charge is -2.28. The fourth-order valence-corrected chi connectivity index (χ4v) is 4.97. The average molecular weight is 429 g/mol. The molecule has 1 unspecified atom stereocenters. The molecular weight excluding hydrogens is 400 g/mol. The van der Waals surface area contributed by atoms with Crippen molar-refractivity contribution in [2.24, 2.45) is 0 Å².